The van der Waals surface area contributed by atoms with E-state index in [0.29, 0.717) is 30.9 Å². The zero-order valence-corrected chi connectivity index (χ0v) is 15.2. The minimum Gasteiger partial charge on any atom is -0.386 e. The molecule has 9 heteroatoms. The number of nitrogens with one attached hydrogen (secondary N) is 1. The summed E-state index contributed by atoms with van der Waals surface area (Å²) in [4.78, 5) is 18.0. The number of aromatic nitrogens is 6. The van der Waals surface area contributed by atoms with Crippen molar-refractivity contribution in [1.29, 1.82) is 0 Å². The number of nitrogens with two attached hydrogens (primary N) is 1. The summed E-state index contributed by atoms with van der Waals surface area (Å²) in [5.41, 5.74) is 9.97. The normalized spacial score (nSPS) is 15.0. The Bertz CT molecular complexity index is 1120. The molecule has 0 spiro atoms. The molecule has 4 aromatic rings. The number of hydrogen-bond donors (Lipinski definition) is 3. The van der Waals surface area contributed by atoms with Gasteiger partial charge in [0.15, 0.2) is 11.5 Å². The molecule has 0 fully saturated rings. The number of H-pyrrole nitrogens is 1. The van der Waals surface area contributed by atoms with Gasteiger partial charge in [0, 0.05) is 13.0 Å². The maximum atomic E-state index is 10.6. The van der Waals surface area contributed by atoms with Crippen molar-refractivity contribution in [1.82, 2.24) is 29.7 Å². The van der Waals surface area contributed by atoms with Gasteiger partial charge in [0.1, 0.15) is 11.6 Å². The zero-order valence-electron chi connectivity index (χ0n) is 15.2. The van der Waals surface area contributed by atoms with Crippen molar-refractivity contribution in [3.8, 4) is 0 Å². The van der Waals surface area contributed by atoms with Gasteiger partial charge in [-0.3, -0.25) is 4.68 Å². The molecule has 3 aromatic heterocycles. The van der Waals surface area contributed by atoms with Gasteiger partial charge in [0.2, 0.25) is 5.95 Å². The summed E-state index contributed by atoms with van der Waals surface area (Å²) in [6, 6.07) is 11.9. The van der Waals surface area contributed by atoms with E-state index in [1.165, 1.54) is 0 Å². The summed E-state index contributed by atoms with van der Waals surface area (Å²) < 4.78 is 1.95. The monoisotopic (exact) mass is 376 g/mol. The summed E-state index contributed by atoms with van der Waals surface area (Å²) in [5.74, 6) is 0.937. The Balaban J connectivity index is 1.40. The predicted molar refractivity (Wildman–Crippen MR) is 104 cm³/mol. The Morgan fingerprint density at radius 2 is 2.04 bits per heavy atom. The van der Waals surface area contributed by atoms with Crippen LogP contribution in [0.1, 0.15) is 23.1 Å². The van der Waals surface area contributed by atoms with Crippen molar-refractivity contribution in [3.05, 3.63) is 59.7 Å². The molecule has 1 aliphatic rings. The molecule has 1 atom stereocenters. The maximum Gasteiger partial charge on any atom is 0.224 e. The number of nitrogens with zero attached hydrogens (tertiary/aromatic N) is 6. The number of aliphatic hydroxyl groups is 1. The molecule has 4 heterocycles. The second-order valence-electron chi connectivity index (χ2n) is 6.92. The van der Waals surface area contributed by atoms with E-state index in [1.54, 1.807) is 6.33 Å². The van der Waals surface area contributed by atoms with Crippen molar-refractivity contribution in [3.63, 3.8) is 0 Å². The molecule has 0 saturated carbocycles. The number of fused-ring (bicyclic) bond motifs is 2. The van der Waals surface area contributed by atoms with Crippen molar-refractivity contribution in [2.45, 2.75) is 25.6 Å². The van der Waals surface area contributed by atoms with Gasteiger partial charge < -0.3 is 20.7 Å². The lowest BCUT2D eigenvalue weighted by Gasteiger charge is -2.28. The second kappa shape index (κ2) is 6.61. The summed E-state index contributed by atoms with van der Waals surface area (Å²) in [6.07, 6.45) is 1.50. The minimum atomic E-state index is -0.636. The molecule has 142 valence electrons. The first-order chi connectivity index (χ1) is 13.7. The number of aromatic amines is 1. The van der Waals surface area contributed by atoms with E-state index in [0.717, 1.165) is 29.1 Å². The quantitative estimate of drug-likeness (QED) is 0.492. The van der Waals surface area contributed by atoms with Crippen LogP contribution in [0.3, 0.4) is 0 Å². The number of rotatable bonds is 4. The molecule has 0 aliphatic carbocycles. The summed E-state index contributed by atoms with van der Waals surface area (Å²) in [6.45, 7) is 2.05. The fourth-order valence-corrected chi connectivity index (χ4v) is 3.64. The summed E-state index contributed by atoms with van der Waals surface area (Å²) in [5, 5.41) is 15.2. The number of aliphatic hydroxyl groups excluding tert-OH is 1. The number of hydrogen-bond acceptors (Lipinski definition) is 7. The van der Waals surface area contributed by atoms with E-state index in [9.17, 15) is 5.11 Å². The van der Waals surface area contributed by atoms with Gasteiger partial charge in [-0.15, -0.1) is 0 Å². The van der Waals surface area contributed by atoms with Crippen molar-refractivity contribution in [2.75, 3.05) is 17.2 Å². The highest BCUT2D eigenvalue weighted by atomic mass is 16.3. The van der Waals surface area contributed by atoms with Crippen LogP contribution in [0, 0.1) is 0 Å². The van der Waals surface area contributed by atoms with E-state index in [2.05, 4.69) is 29.9 Å². The summed E-state index contributed by atoms with van der Waals surface area (Å²) >= 11 is 0. The number of anilines is 2. The van der Waals surface area contributed by atoms with Crippen LogP contribution in [0.25, 0.3) is 11.2 Å². The first-order valence-corrected chi connectivity index (χ1v) is 9.17. The average Bonchev–Trinajstić information content (AvgIpc) is 3.34. The number of nitrogen functional groups attached to an aromatic ring is 1. The lowest BCUT2D eigenvalue weighted by molar-refractivity contribution is 0.172. The molecular formula is C19H20N8O. The largest absolute Gasteiger partial charge is 0.386 e. The lowest BCUT2D eigenvalue weighted by atomic mass is 10.1. The first kappa shape index (κ1) is 16.7. The fraction of sp³-hybridized carbons (Fsp3) is 0.263. The molecule has 1 aromatic carbocycles. The van der Waals surface area contributed by atoms with Crippen LogP contribution in [0.4, 0.5) is 11.8 Å². The van der Waals surface area contributed by atoms with Gasteiger partial charge in [-0.25, -0.2) is 4.98 Å². The van der Waals surface area contributed by atoms with Crippen LogP contribution >= 0.6 is 0 Å². The van der Waals surface area contributed by atoms with E-state index < -0.39 is 6.10 Å². The Kier molecular flexibility index (Phi) is 3.94. The molecule has 0 saturated heterocycles. The predicted octanol–water partition coefficient (Wildman–Crippen LogP) is 1.43. The van der Waals surface area contributed by atoms with Crippen molar-refractivity contribution >= 4 is 22.9 Å². The highest BCUT2D eigenvalue weighted by Crippen LogP contribution is 2.27. The Morgan fingerprint density at radius 1 is 1.18 bits per heavy atom. The Hall–Kier alpha value is -3.46. The van der Waals surface area contributed by atoms with Crippen LogP contribution in [0.15, 0.2) is 42.7 Å². The second-order valence-corrected chi connectivity index (χ2v) is 6.92. The van der Waals surface area contributed by atoms with Gasteiger partial charge in [-0.05, 0) is 11.6 Å². The molecule has 28 heavy (non-hydrogen) atoms. The van der Waals surface area contributed by atoms with Crippen LogP contribution in [0.2, 0.25) is 0 Å². The highest BCUT2D eigenvalue weighted by molar-refractivity contribution is 5.84. The molecule has 1 aliphatic heterocycles. The number of benzene rings is 1. The zero-order chi connectivity index (χ0) is 19.1. The van der Waals surface area contributed by atoms with Gasteiger partial charge in [0.25, 0.3) is 0 Å². The van der Waals surface area contributed by atoms with Gasteiger partial charge >= 0.3 is 0 Å². The molecular weight excluding hydrogens is 356 g/mol. The third-order valence-corrected chi connectivity index (χ3v) is 5.01. The van der Waals surface area contributed by atoms with Crippen LogP contribution < -0.4 is 10.6 Å². The SMILES string of the molecule is Nc1nc(N2CCn3nc([C@H](O)Cc4ccccc4)cc3C2)c2[nH]cnc2n1. The molecule has 4 N–H and O–H groups in total. The average molecular weight is 376 g/mol. The smallest absolute Gasteiger partial charge is 0.224 e. The third-order valence-electron chi connectivity index (χ3n) is 5.01. The van der Waals surface area contributed by atoms with Gasteiger partial charge in [-0.2, -0.15) is 15.1 Å². The van der Waals surface area contributed by atoms with Gasteiger partial charge in [-0.1, -0.05) is 30.3 Å². The maximum absolute atomic E-state index is 10.6. The molecule has 0 radical (unpaired) electrons. The number of imidazole rings is 1. The van der Waals surface area contributed by atoms with E-state index in [-0.39, 0.29) is 5.95 Å². The van der Waals surface area contributed by atoms with Crippen molar-refractivity contribution < 1.29 is 5.11 Å². The summed E-state index contributed by atoms with van der Waals surface area (Å²) in [7, 11) is 0. The highest BCUT2D eigenvalue weighted by Gasteiger charge is 2.24. The molecule has 5 rings (SSSR count). The third kappa shape index (κ3) is 2.95. The molecule has 0 bridgehead atoms. The molecule has 0 unspecified atom stereocenters. The standard InChI is InChI=1S/C19H20N8O/c20-19-23-17-16(21-11-22-17)18(24-19)26-6-7-27-13(10-26)9-14(25-27)15(28)8-12-4-2-1-3-5-12/h1-5,9,11,15,28H,6-8,10H2,(H3,20,21,22,23,24)/t15-/m1/s1. The first-order valence-electron chi connectivity index (χ1n) is 9.17. The van der Waals surface area contributed by atoms with E-state index in [1.807, 2.05) is 41.1 Å². The van der Waals surface area contributed by atoms with Crippen LogP contribution in [-0.4, -0.2) is 41.4 Å². The minimum absolute atomic E-state index is 0.202. The van der Waals surface area contributed by atoms with Crippen LogP contribution in [-0.2, 0) is 19.5 Å². The van der Waals surface area contributed by atoms with Crippen molar-refractivity contribution in [2.24, 2.45) is 0 Å². The Labute approximate surface area is 160 Å². The molecule has 9 nitrogen and oxygen atoms in total. The Morgan fingerprint density at radius 3 is 2.89 bits per heavy atom. The molecule has 0 amide bonds. The van der Waals surface area contributed by atoms with Gasteiger partial charge in [0.05, 0.1) is 30.8 Å². The lowest BCUT2D eigenvalue weighted by Crippen LogP contribution is -2.34. The van der Waals surface area contributed by atoms with E-state index >= 15 is 0 Å². The van der Waals surface area contributed by atoms with Crippen LogP contribution in [0.5, 0.6) is 0 Å². The van der Waals surface area contributed by atoms with E-state index in [4.69, 9.17) is 5.73 Å². The topological polar surface area (TPSA) is 122 Å². The fourth-order valence-electron chi connectivity index (χ4n) is 3.64.